The molecular formula is C29H21BrIN3O4S2. The SMILES string of the molecule is CCOC(=O)C1=C(C)N=c2s/c(=C\c3cc(Br)cc(I)c3OCc3ccccc3C#N)c(=O)n2[C@H]1c1cccs1. The van der Waals surface area contributed by atoms with Gasteiger partial charge < -0.3 is 9.47 Å². The largest absolute Gasteiger partial charge is 0.487 e. The molecule has 2 aromatic heterocycles. The molecule has 0 radical (unpaired) electrons. The first kappa shape index (κ1) is 28.5. The minimum Gasteiger partial charge on any atom is -0.487 e. The van der Waals surface area contributed by atoms with Crippen molar-refractivity contribution in [1.82, 2.24) is 4.57 Å². The standard InChI is InChI=1S/C29H21BrIN3O4S2/c1-3-37-28(36)24-16(2)33-29-34(25(24)22-9-6-10-39-22)27(35)23(40-29)12-19-11-20(30)13-21(31)26(19)38-15-18-8-5-4-7-17(18)14-32/h4-13,25H,3,15H2,1-2H3/b23-12-/t25-/m0/s1. The van der Waals surface area contributed by atoms with Gasteiger partial charge in [-0.3, -0.25) is 9.36 Å². The van der Waals surface area contributed by atoms with Crippen LogP contribution in [0.2, 0.25) is 0 Å². The van der Waals surface area contributed by atoms with E-state index < -0.39 is 12.0 Å². The predicted molar refractivity (Wildman–Crippen MR) is 167 cm³/mol. The Bertz CT molecular complexity index is 1870. The summed E-state index contributed by atoms with van der Waals surface area (Å²) >= 11 is 8.49. The molecule has 0 spiro atoms. The van der Waals surface area contributed by atoms with Gasteiger partial charge in [0.25, 0.3) is 5.56 Å². The molecule has 1 aliphatic rings. The lowest BCUT2D eigenvalue weighted by Gasteiger charge is -2.23. The van der Waals surface area contributed by atoms with Crippen molar-refractivity contribution in [1.29, 1.82) is 5.26 Å². The minimum absolute atomic E-state index is 0.198. The van der Waals surface area contributed by atoms with Gasteiger partial charge in [-0.1, -0.05) is 51.5 Å². The van der Waals surface area contributed by atoms with Crippen LogP contribution in [0.3, 0.4) is 0 Å². The number of hydrogen-bond donors (Lipinski definition) is 0. The van der Waals surface area contributed by atoms with Crippen LogP contribution in [-0.4, -0.2) is 17.1 Å². The Labute approximate surface area is 260 Å². The number of fused-ring (bicyclic) bond motifs is 1. The van der Waals surface area contributed by atoms with Crippen LogP contribution in [0.15, 0.2) is 79.4 Å². The first-order valence-corrected chi connectivity index (χ1v) is 15.7. The molecule has 7 nitrogen and oxygen atoms in total. The molecule has 0 unspecified atom stereocenters. The van der Waals surface area contributed by atoms with E-state index in [2.05, 4.69) is 49.6 Å². The fourth-order valence-electron chi connectivity index (χ4n) is 4.39. The first-order valence-electron chi connectivity index (χ1n) is 12.1. The van der Waals surface area contributed by atoms with Crippen molar-refractivity contribution in [2.75, 3.05) is 6.61 Å². The zero-order chi connectivity index (χ0) is 28.4. The summed E-state index contributed by atoms with van der Waals surface area (Å²) < 4.78 is 15.3. The Morgan fingerprint density at radius 2 is 2.08 bits per heavy atom. The molecule has 3 heterocycles. The van der Waals surface area contributed by atoms with E-state index in [0.29, 0.717) is 37.5 Å². The van der Waals surface area contributed by atoms with Crippen LogP contribution in [0, 0.1) is 14.9 Å². The number of aromatic nitrogens is 1. The van der Waals surface area contributed by atoms with Gasteiger partial charge in [0.15, 0.2) is 4.80 Å². The van der Waals surface area contributed by atoms with Gasteiger partial charge in [0, 0.05) is 20.5 Å². The summed E-state index contributed by atoms with van der Waals surface area (Å²) in [5, 5.41) is 11.4. The zero-order valence-electron chi connectivity index (χ0n) is 21.3. The van der Waals surface area contributed by atoms with E-state index in [9.17, 15) is 14.9 Å². The topological polar surface area (TPSA) is 93.7 Å². The van der Waals surface area contributed by atoms with E-state index in [1.165, 1.54) is 22.7 Å². The quantitative estimate of drug-likeness (QED) is 0.180. The third kappa shape index (κ3) is 5.58. The fraction of sp³-hybridized carbons (Fsp3) is 0.172. The second-order valence-corrected chi connectivity index (χ2v) is 12.7. The number of thiazole rings is 1. The van der Waals surface area contributed by atoms with Crippen molar-refractivity contribution in [3.8, 4) is 11.8 Å². The number of halogens is 2. The summed E-state index contributed by atoms with van der Waals surface area (Å²) in [6.45, 7) is 3.94. The number of esters is 1. The summed E-state index contributed by atoms with van der Waals surface area (Å²) in [4.78, 5) is 32.9. The van der Waals surface area contributed by atoms with Crippen LogP contribution in [0.25, 0.3) is 6.08 Å². The lowest BCUT2D eigenvalue weighted by Crippen LogP contribution is -2.39. The van der Waals surface area contributed by atoms with Gasteiger partial charge in [-0.25, -0.2) is 9.79 Å². The Hall–Kier alpha value is -3.05. The number of carbonyl (C=O) groups is 1. The van der Waals surface area contributed by atoms with E-state index in [4.69, 9.17) is 9.47 Å². The van der Waals surface area contributed by atoms with Crippen molar-refractivity contribution in [3.63, 3.8) is 0 Å². The molecule has 0 bridgehead atoms. The van der Waals surface area contributed by atoms with Gasteiger partial charge in [0.2, 0.25) is 0 Å². The van der Waals surface area contributed by atoms with Crippen molar-refractivity contribution in [3.05, 3.63) is 114 Å². The number of ether oxygens (including phenoxy) is 2. The van der Waals surface area contributed by atoms with E-state index in [1.54, 1.807) is 30.6 Å². The number of thiophene rings is 1. The number of hydrogen-bond acceptors (Lipinski definition) is 8. The third-order valence-corrected chi connectivity index (χ3v) is 9.33. The highest BCUT2D eigenvalue weighted by Gasteiger charge is 2.34. The summed E-state index contributed by atoms with van der Waals surface area (Å²) in [5.41, 5.74) is 2.65. The molecule has 202 valence electrons. The molecule has 5 rings (SSSR count). The van der Waals surface area contributed by atoms with Crippen molar-refractivity contribution >= 4 is 73.2 Å². The Morgan fingerprint density at radius 1 is 1.27 bits per heavy atom. The number of rotatable bonds is 7. The second-order valence-electron chi connectivity index (χ2n) is 8.68. The van der Waals surface area contributed by atoms with E-state index in [0.717, 1.165) is 18.5 Å². The third-order valence-electron chi connectivity index (χ3n) is 6.16. The van der Waals surface area contributed by atoms with E-state index >= 15 is 0 Å². The summed E-state index contributed by atoms with van der Waals surface area (Å²) in [7, 11) is 0. The molecule has 2 aromatic carbocycles. The highest BCUT2D eigenvalue weighted by atomic mass is 127. The van der Waals surface area contributed by atoms with Gasteiger partial charge in [-0.05, 0) is 72.2 Å². The lowest BCUT2D eigenvalue weighted by atomic mass is 10.0. The monoisotopic (exact) mass is 745 g/mol. The average Bonchev–Trinajstić information content (AvgIpc) is 3.56. The highest BCUT2D eigenvalue weighted by molar-refractivity contribution is 14.1. The van der Waals surface area contributed by atoms with Crippen molar-refractivity contribution in [2.45, 2.75) is 26.5 Å². The number of nitriles is 1. The fourth-order valence-corrected chi connectivity index (χ4v) is 7.96. The molecule has 0 aliphatic carbocycles. The Balaban J connectivity index is 1.63. The van der Waals surface area contributed by atoms with Crippen molar-refractivity contribution in [2.24, 2.45) is 4.99 Å². The number of benzene rings is 2. The smallest absolute Gasteiger partial charge is 0.338 e. The van der Waals surface area contributed by atoms with Crippen LogP contribution in [-0.2, 0) is 16.1 Å². The predicted octanol–water partition coefficient (Wildman–Crippen LogP) is 5.68. The van der Waals surface area contributed by atoms with Crippen LogP contribution in [0.4, 0.5) is 0 Å². The van der Waals surface area contributed by atoms with Gasteiger partial charge in [-0.2, -0.15) is 5.26 Å². The lowest BCUT2D eigenvalue weighted by molar-refractivity contribution is -0.139. The maximum atomic E-state index is 13.9. The Morgan fingerprint density at radius 3 is 2.80 bits per heavy atom. The second kappa shape index (κ2) is 12.2. The molecule has 0 amide bonds. The zero-order valence-corrected chi connectivity index (χ0v) is 26.7. The normalized spacial score (nSPS) is 14.9. The number of carbonyl (C=O) groups excluding carboxylic acids is 1. The van der Waals surface area contributed by atoms with E-state index in [-0.39, 0.29) is 18.8 Å². The van der Waals surface area contributed by atoms with Gasteiger partial charge in [0.05, 0.1) is 37.6 Å². The van der Waals surface area contributed by atoms with Gasteiger partial charge in [0.1, 0.15) is 18.4 Å². The summed E-state index contributed by atoms with van der Waals surface area (Å²) in [5.74, 6) is 0.117. The molecule has 40 heavy (non-hydrogen) atoms. The Kier molecular flexibility index (Phi) is 8.70. The van der Waals surface area contributed by atoms with E-state index in [1.807, 2.05) is 47.8 Å². The molecule has 11 heteroatoms. The molecule has 1 aliphatic heterocycles. The first-order chi connectivity index (χ1) is 19.3. The maximum Gasteiger partial charge on any atom is 0.338 e. The number of allylic oxidation sites excluding steroid dienone is 1. The minimum atomic E-state index is -0.627. The molecule has 1 atom stereocenters. The highest BCUT2D eigenvalue weighted by Crippen LogP contribution is 2.34. The summed E-state index contributed by atoms with van der Waals surface area (Å²) in [6, 6.07) is 16.5. The van der Waals surface area contributed by atoms with Gasteiger partial charge >= 0.3 is 5.97 Å². The summed E-state index contributed by atoms with van der Waals surface area (Å²) in [6.07, 6.45) is 1.79. The molecule has 0 N–H and O–H groups in total. The number of nitrogens with zero attached hydrogens (tertiary/aromatic N) is 3. The molecule has 0 fully saturated rings. The molecular weight excluding hydrogens is 725 g/mol. The maximum absolute atomic E-state index is 13.9. The van der Waals surface area contributed by atoms with Crippen LogP contribution < -0.4 is 19.6 Å². The average molecular weight is 746 g/mol. The molecule has 4 aromatic rings. The molecule has 0 saturated carbocycles. The van der Waals surface area contributed by atoms with Crippen molar-refractivity contribution < 1.29 is 14.3 Å². The van der Waals surface area contributed by atoms with Gasteiger partial charge in [-0.15, -0.1) is 11.3 Å². The van der Waals surface area contributed by atoms with Crippen LogP contribution in [0.1, 0.15) is 41.5 Å². The van der Waals surface area contributed by atoms with Crippen LogP contribution >= 0.6 is 61.2 Å². The van der Waals surface area contributed by atoms with Crippen LogP contribution in [0.5, 0.6) is 5.75 Å². The molecule has 0 saturated heterocycles.